The maximum Gasteiger partial charge on any atom is 0.330 e. The third kappa shape index (κ3) is 3.87. The molecule has 0 amide bonds. The number of allylic oxidation sites excluding steroid dienone is 5. The minimum Gasteiger partial charge on any atom is -0.496 e. The summed E-state index contributed by atoms with van der Waals surface area (Å²) in [5.74, 6) is 2.85. The van der Waals surface area contributed by atoms with Crippen LogP contribution in [0.1, 0.15) is 68.6 Å². The van der Waals surface area contributed by atoms with Gasteiger partial charge in [0, 0.05) is 22.8 Å². The van der Waals surface area contributed by atoms with Crippen LogP contribution in [0.25, 0.3) is 5.57 Å². The van der Waals surface area contributed by atoms with Crippen LogP contribution in [0.2, 0.25) is 0 Å². The number of carbonyl (C=O) groups is 1. The van der Waals surface area contributed by atoms with Crippen molar-refractivity contribution in [3.8, 4) is 11.5 Å². The Bertz CT molecular complexity index is 845. The maximum absolute atomic E-state index is 11.5. The average Bonchev–Trinajstić information content (AvgIpc) is 3.29. The molecule has 28 heavy (non-hydrogen) atoms. The summed E-state index contributed by atoms with van der Waals surface area (Å²) < 4.78 is 16.6. The second kappa shape index (κ2) is 8.68. The number of ether oxygens (including phenoxy) is 3. The van der Waals surface area contributed by atoms with E-state index in [0.717, 1.165) is 28.2 Å². The molecule has 0 radical (unpaired) electrons. The van der Waals surface area contributed by atoms with E-state index in [9.17, 15) is 4.79 Å². The van der Waals surface area contributed by atoms with E-state index in [1.165, 1.54) is 36.5 Å². The molecule has 1 fully saturated rings. The number of hydrogen-bond acceptors (Lipinski definition) is 4. The molecular formula is C24H30O4. The Balaban J connectivity index is 1.91. The zero-order valence-corrected chi connectivity index (χ0v) is 17.5. The summed E-state index contributed by atoms with van der Waals surface area (Å²) in [6, 6.07) is 2.11. The van der Waals surface area contributed by atoms with Crippen LogP contribution in [-0.2, 0) is 9.53 Å². The molecule has 1 aromatic carbocycles. The van der Waals surface area contributed by atoms with Gasteiger partial charge < -0.3 is 14.2 Å². The van der Waals surface area contributed by atoms with Gasteiger partial charge in [-0.3, -0.25) is 0 Å². The van der Waals surface area contributed by atoms with Gasteiger partial charge in [0.15, 0.2) is 0 Å². The number of fused-ring (bicyclic) bond motifs is 5. The van der Waals surface area contributed by atoms with Gasteiger partial charge in [0.25, 0.3) is 0 Å². The predicted octanol–water partition coefficient (Wildman–Crippen LogP) is 5.54. The number of benzene rings is 1. The van der Waals surface area contributed by atoms with E-state index >= 15 is 0 Å². The molecule has 0 saturated heterocycles. The second-order valence-corrected chi connectivity index (χ2v) is 7.54. The Morgan fingerprint density at radius 2 is 1.86 bits per heavy atom. The Hall–Kier alpha value is -2.49. The van der Waals surface area contributed by atoms with Gasteiger partial charge in [0.1, 0.15) is 11.5 Å². The highest BCUT2D eigenvalue weighted by Gasteiger charge is 2.42. The van der Waals surface area contributed by atoms with Crippen LogP contribution in [-0.4, -0.2) is 26.8 Å². The molecule has 3 rings (SSSR count). The van der Waals surface area contributed by atoms with Crippen LogP contribution in [0.3, 0.4) is 0 Å². The minimum absolute atomic E-state index is 0.314. The van der Waals surface area contributed by atoms with Crippen LogP contribution < -0.4 is 9.47 Å². The lowest BCUT2D eigenvalue weighted by atomic mass is 9.87. The molecule has 0 heterocycles. The van der Waals surface area contributed by atoms with Crippen molar-refractivity contribution in [2.75, 3.05) is 20.8 Å². The van der Waals surface area contributed by atoms with E-state index in [1.54, 1.807) is 21.1 Å². The first-order valence-corrected chi connectivity index (χ1v) is 9.99. The summed E-state index contributed by atoms with van der Waals surface area (Å²) in [5.41, 5.74) is 5.72. The zero-order valence-electron chi connectivity index (χ0n) is 17.5. The van der Waals surface area contributed by atoms with Crippen LogP contribution in [0, 0.1) is 0 Å². The van der Waals surface area contributed by atoms with Crippen molar-refractivity contribution >= 4 is 11.5 Å². The fourth-order valence-electron chi connectivity index (χ4n) is 4.54. The van der Waals surface area contributed by atoms with E-state index in [1.807, 2.05) is 25.2 Å². The lowest BCUT2D eigenvalue weighted by molar-refractivity contribution is -0.137. The summed E-state index contributed by atoms with van der Waals surface area (Å²) in [5, 5.41) is 0. The van der Waals surface area contributed by atoms with Crippen molar-refractivity contribution in [3.63, 3.8) is 0 Å². The van der Waals surface area contributed by atoms with Gasteiger partial charge in [-0.25, -0.2) is 4.79 Å². The Morgan fingerprint density at radius 3 is 2.50 bits per heavy atom. The molecular weight excluding hydrogens is 352 g/mol. The van der Waals surface area contributed by atoms with E-state index < -0.39 is 0 Å². The summed E-state index contributed by atoms with van der Waals surface area (Å²) in [6.07, 6.45) is 11.1. The van der Waals surface area contributed by atoms with Gasteiger partial charge >= 0.3 is 5.97 Å². The molecule has 2 aliphatic rings. The molecule has 4 nitrogen and oxygen atoms in total. The normalized spacial score (nSPS) is 21.2. The number of methoxy groups -OCH3 is 2. The minimum atomic E-state index is -0.314. The lowest BCUT2D eigenvalue weighted by Crippen LogP contribution is -2.06. The van der Waals surface area contributed by atoms with Crippen molar-refractivity contribution in [1.82, 2.24) is 0 Å². The molecule has 0 aliphatic heterocycles. The number of esters is 1. The molecule has 1 aromatic rings. The third-order valence-electron chi connectivity index (χ3n) is 5.76. The topological polar surface area (TPSA) is 44.8 Å². The summed E-state index contributed by atoms with van der Waals surface area (Å²) in [4.78, 5) is 11.5. The number of carbonyl (C=O) groups excluding carboxylic acids is 1. The first-order chi connectivity index (χ1) is 13.5. The van der Waals surface area contributed by atoms with Crippen molar-refractivity contribution < 1.29 is 19.0 Å². The molecule has 2 bridgehead atoms. The zero-order chi connectivity index (χ0) is 20.3. The fourth-order valence-corrected chi connectivity index (χ4v) is 4.54. The van der Waals surface area contributed by atoms with Crippen molar-refractivity contribution in [2.45, 2.75) is 51.9 Å². The molecule has 150 valence electrons. The second-order valence-electron chi connectivity index (χ2n) is 7.54. The van der Waals surface area contributed by atoms with Gasteiger partial charge in [0.05, 0.1) is 20.8 Å². The largest absolute Gasteiger partial charge is 0.496 e. The summed E-state index contributed by atoms with van der Waals surface area (Å²) >= 11 is 0. The molecule has 0 aromatic heterocycles. The van der Waals surface area contributed by atoms with Gasteiger partial charge in [0.2, 0.25) is 0 Å². The predicted molar refractivity (Wildman–Crippen MR) is 112 cm³/mol. The van der Waals surface area contributed by atoms with E-state index in [-0.39, 0.29) is 5.97 Å². The highest BCUT2D eigenvalue weighted by molar-refractivity contribution is 5.83. The van der Waals surface area contributed by atoms with Crippen molar-refractivity contribution in [1.29, 1.82) is 0 Å². The Morgan fingerprint density at radius 1 is 1.14 bits per heavy atom. The van der Waals surface area contributed by atoms with Crippen LogP contribution in [0.5, 0.6) is 11.5 Å². The first kappa shape index (κ1) is 20.2. The molecule has 0 spiro atoms. The SMILES string of the molecule is CCOC(=O)C=C(C)C=CC=C(C)c1cc(OC)c2c(c1OC)C1CCC2C1. The molecule has 0 N–H and O–H groups in total. The molecule has 4 heteroatoms. The first-order valence-electron chi connectivity index (χ1n) is 9.99. The van der Waals surface area contributed by atoms with Gasteiger partial charge in [-0.2, -0.15) is 0 Å². The number of hydrogen-bond donors (Lipinski definition) is 0. The van der Waals surface area contributed by atoms with Crippen LogP contribution in [0.15, 0.2) is 35.9 Å². The highest BCUT2D eigenvalue weighted by Crippen LogP contribution is 2.59. The smallest absolute Gasteiger partial charge is 0.330 e. The molecule has 1 saturated carbocycles. The van der Waals surface area contributed by atoms with E-state index in [2.05, 4.69) is 13.0 Å². The number of rotatable bonds is 7. The summed E-state index contributed by atoms with van der Waals surface area (Å²) in [6.45, 7) is 6.14. The Labute approximate surface area is 167 Å². The fraction of sp³-hybridized carbons (Fsp3) is 0.458. The molecule has 2 atom stereocenters. The third-order valence-corrected chi connectivity index (χ3v) is 5.76. The van der Waals surface area contributed by atoms with Gasteiger partial charge in [-0.1, -0.05) is 18.2 Å². The standard InChI is InChI=1S/C24H30O4/c1-6-28-21(25)12-15(2)8-7-9-16(3)19-14-20(26-4)22-17-10-11-18(13-17)23(22)24(19)27-5/h7-9,12,14,17-18H,6,10-11,13H2,1-5H3. The van der Waals surface area contributed by atoms with Crippen molar-refractivity contribution in [3.05, 3.63) is 52.6 Å². The van der Waals surface area contributed by atoms with Crippen LogP contribution >= 0.6 is 0 Å². The monoisotopic (exact) mass is 382 g/mol. The van der Waals surface area contributed by atoms with Gasteiger partial charge in [-0.05, 0) is 69.1 Å². The molecule has 2 unspecified atom stereocenters. The van der Waals surface area contributed by atoms with Crippen LogP contribution in [0.4, 0.5) is 0 Å². The van der Waals surface area contributed by atoms with Gasteiger partial charge in [-0.15, -0.1) is 0 Å². The van der Waals surface area contributed by atoms with E-state index in [4.69, 9.17) is 14.2 Å². The van der Waals surface area contributed by atoms with Crippen molar-refractivity contribution in [2.24, 2.45) is 0 Å². The quantitative estimate of drug-likeness (QED) is 0.353. The lowest BCUT2D eigenvalue weighted by Gasteiger charge is -2.23. The summed E-state index contributed by atoms with van der Waals surface area (Å²) in [7, 11) is 3.51. The van der Waals surface area contributed by atoms with E-state index in [0.29, 0.717) is 18.4 Å². The molecule has 2 aliphatic carbocycles. The highest BCUT2D eigenvalue weighted by atomic mass is 16.5. The Kier molecular flexibility index (Phi) is 6.28. The average molecular weight is 383 g/mol. The maximum atomic E-state index is 11.5.